The number of carbonyl (C=O) groups excluding carboxylic acids is 1. The second-order valence-electron chi connectivity index (χ2n) is 7.75. The number of nitrogens with zero attached hydrogens (tertiary/aromatic N) is 2. The Labute approximate surface area is 196 Å². The molecule has 4 rings (SSSR count). The molecule has 0 atom stereocenters. The Morgan fingerprint density at radius 2 is 1.82 bits per heavy atom. The van der Waals surface area contributed by atoms with Gasteiger partial charge >= 0.3 is 0 Å². The SMILES string of the molecule is COc1ccc(-c2nc(NC(=O)C3CCN(S(=O)(=O)c4ccccc4F)CC3)sc2C)cc1. The van der Waals surface area contributed by atoms with Gasteiger partial charge in [0.25, 0.3) is 0 Å². The number of halogens is 1. The van der Waals surface area contributed by atoms with Crippen LogP contribution in [0, 0.1) is 18.7 Å². The molecule has 1 aliphatic heterocycles. The number of hydrogen-bond acceptors (Lipinski definition) is 6. The van der Waals surface area contributed by atoms with Gasteiger partial charge in [-0.3, -0.25) is 4.79 Å². The molecule has 10 heteroatoms. The first kappa shape index (κ1) is 23.3. The quantitative estimate of drug-likeness (QED) is 0.558. The van der Waals surface area contributed by atoms with Gasteiger partial charge in [0.15, 0.2) is 5.13 Å². The molecular weight excluding hydrogens is 465 g/mol. The molecule has 3 aromatic rings. The van der Waals surface area contributed by atoms with Gasteiger partial charge in [-0.1, -0.05) is 12.1 Å². The number of piperidine rings is 1. The number of hydrogen-bond donors (Lipinski definition) is 1. The molecule has 2 aromatic carbocycles. The molecule has 1 amide bonds. The highest BCUT2D eigenvalue weighted by Crippen LogP contribution is 2.32. The second kappa shape index (κ2) is 9.58. The van der Waals surface area contributed by atoms with Crippen LogP contribution in [0.2, 0.25) is 0 Å². The number of amides is 1. The van der Waals surface area contributed by atoms with Gasteiger partial charge in [0.05, 0.1) is 12.8 Å². The van der Waals surface area contributed by atoms with Crippen LogP contribution in [0.5, 0.6) is 5.75 Å². The topological polar surface area (TPSA) is 88.6 Å². The van der Waals surface area contributed by atoms with E-state index < -0.39 is 15.8 Å². The maximum atomic E-state index is 14.0. The number of thiazole rings is 1. The van der Waals surface area contributed by atoms with Crippen LogP contribution in [0.15, 0.2) is 53.4 Å². The maximum absolute atomic E-state index is 14.0. The number of nitrogens with one attached hydrogen (secondary N) is 1. The summed E-state index contributed by atoms with van der Waals surface area (Å²) < 4.78 is 45.9. The van der Waals surface area contributed by atoms with E-state index in [4.69, 9.17) is 4.74 Å². The van der Waals surface area contributed by atoms with E-state index >= 15 is 0 Å². The molecule has 33 heavy (non-hydrogen) atoms. The van der Waals surface area contributed by atoms with Crippen molar-refractivity contribution in [3.8, 4) is 17.0 Å². The molecule has 0 bridgehead atoms. The summed E-state index contributed by atoms with van der Waals surface area (Å²) in [5.41, 5.74) is 1.72. The van der Waals surface area contributed by atoms with Crippen molar-refractivity contribution in [2.24, 2.45) is 5.92 Å². The molecule has 2 heterocycles. The highest BCUT2D eigenvalue weighted by molar-refractivity contribution is 7.89. The predicted octanol–water partition coefficient (Wildman–Crippen LogP) is 4.31. The van der Waals surface area contributed by atoms with Gasteiger partial charge in [-0.15, -0.1) is 11.3 Å². The van der Waals surface area contributed by atoms with Crippen LogP contribution < -0.4 is 10.1 Å². The minimum absolute atomic E-state index is 0.156. The summed E-state index contributed by atoms with van der Waals surface area (Å²) in [6, 6.07) is 12.9. The minimum atomic E-state index is -3.93. The number of rotatable bonds is 6. The normalized spacial score (nSPS) is 15.4. The average molecular weight is 490 g/mol. The van der Waals surface area contributed by atoms with Crippen molar-refractivity contribution in [1.82, 2.24) is 9.29 Å². The molecule has 0 radical (unpaired) electrons. The van der Waals surface area contributed by atoms with Gasteiger partial charge in [-0.2, -0.15) is 4.31 Å². The van der Waals surface area contributed by atoms with Gasteiger partial charge in [0, 0.05) is 29.4 Å². The van der Waals surface area contributed by atoms with Gasteiger partial charge in [0.2, 0.25) is 15.9 Å². The molecule has 1 fully saturated rings. The Hall–Kier alpha value is -2.82. The smallest absolute Gasteiger partial charge is 0.245 e. The lowest BCUT2D eigenvalue weighted by atomic mass is 9.97. The van der Waals surface area contributed by atoms with Crippen molar-refractivity contribution in [3.63, 3.8) is 0 Å². The van der Waals surface area contributed by atoms with E-state index in [-0.39, 0.29) is 29.8 Å². The number of sulfonamides is 1. The van der Waals surface area contributed by atoms with E-state index in [9.17, 15) is 17.6 Å². The fraction of sp³-hybridized carbons (Fsp3) is 0.304. The highest BCUT2D eigenvalue weighted by Gasteiger charge is 2.33. The number of benzene rings is 2. The van der Waals surface area contributed by atoms with Crippen LogP contribution in [-0.4, -0.2) is 43.8 Å². The Bertz CT molecular complexity index is 1250. The third-order valence-electron chi connectivity index (χ3n) is 5.67. The maximum Gasteiger partial charge on any atom is 0.245 e. The zero-order chi connectivity index (χ0) is 23.6. The van der Waals surface area contributed by atoms with E-state index in [1.807, 2.05) is 31.2 Å². The Morgan fingerprint density at radius 1 is 1.15 bits per heavy atom. The Morgan fingerprint density at radius 3 is 2.45 bits per heavy atom. The minimum Gasteiger partial charge on any atom is -0.497 e. The van der Waals surface area contributed by atoms with E-state index in [1.165, 1.54) is 33.8 Å². The molecular formula is C23H24FN3O4S2. The van der Waals surface area contributed by atoms with E-state index in [0.29, 0.717) is 18.0 Å². The van der Waals surface area contributed by atoms with E-state index in [0.717, 1.165) is 28.0 Å². The van der Waals surface area contributed by atoms with Gasteiger partial charge in [0.1, 0.15) is 16.5 Å². The first-order valence-corrected chi connectivity index (χ1v) is 12.7. The van der Waals surface area contributed by atoms with Crippen molar-refractivity contribution in [2.45, 2.75) is 24.7 Å². The molecule has 1 N–H and O–H groups in total. The summed E-state index contributed by atoms with van der Waals surface area (Å²) in [6.07, 6.45) is 0.713. The standard InChI is InChI=1S/C23H24FN3O4S2/c1-15-21(16-7-9-18(31-2)10-8-16)25-23(32-15)26-22(28)17-11-13-27(14-12-17)33(29,30)20-6-4-3-5-19(20)24/h3-10,17H,11-14H2,1-2H3,(H,25,26,28). The first-order valence-electron chi connectivity index (χ1n) is 10.5. The van der Waals surface area contributed by atoms with E-state index in [2.05, 4.69) is 10.3 Å². The molecule has 0 unspecified atom stereocenters. The molecule has 0 saturated carbocycles. The predicted molar refractivity (Wildman–Crippen MR) is 125 cm³/mol. The lowest BCUT2D eigenvalue weighted by molar-refractivity contribution is -0.120. The fourth-order valence-corrected chi connectivity index (χ4v) is 6.20. The molecule has 7 nitrogen and oxygen atoms in total. The van der Waals surface area contributed by atoms with Crippen LogP contribution in [0.4, 0.5) is 9.52 Å². The number of carbonyl (C=O) groups is 1. The first-order chi connectivity index (χ1) is 15.8. The van der Waals surface area contributed by atoms with Gasteiger partial charge in [-0.25, -0.2) is 17.8 Å². The van der Waals surface area contributed by atoms with Gasteiger partial charge < -0.3 is 10.1 Å². The summed E-state index contributed by atoms with van der Waals surface area (Å²) >= 11 is 1.39. The van der Waals surface area contributed by atoms with Crippen LogP contribution in [-0.2, 0) is 14.8 Å². The third kappa shape index (κ3) is 4.92. The number of aryl methyl sites for hydroxylation is 1. The fourth-order valence-electron chi connectivity index (χ4n) is 3.83. The summed E-state index contributed by atoms with van der Waals surface area (Å²) in [6.45, 7) is 2.25. The number of anilines is 1. The van der Waals surface area contributed by atoms with Crippen molar-refractivity contribution in [3.05, 3.63) is 59.2 Å². The van der Waals surface area contributed by atoms with Crippen LogP contribution in [0.1, 0.15) is 17.7 Å². The highest BCUT2D eigenvalue weighted by atomic mass is 32.2. The number of methoxy groups -OCH3 is 1. The lowest BCUT2D eigenvalue weighted by Gasteiger charge is -2.30. The van der Waals surface area contributed by atoms with Crippen molar-refractivity contribution < 1.29 is 22.3 Å². The number of ether oxygens (including phenoxy) is 1. The summed E-state index contributed by atoms with van der Waals surface area (Å²) in [5, 5.41) is 3.38. The van der Waals surface area contributed by atoms with E-state index in [1.54, 1.807) is 7.11 Å². The molecule has 1 saturated heterocycles. The monoisotopic (exact) mass is 489 g/mol. The molecule has 0 aliphatic carbocycles. The zero-order valence-electron chi connectivity index (χ0n) is 18.2. The molecule has 1 aliphatic rings. The second-order valence-corrected chi connectivity index (χ2v) is 10.9. The van der Waals surface area contributed by atoms with Crippen molar-refractivity contribution in [1.29, 1.82) is 0 Å². The molecule has 1 aromatic heterocycles. The largest absolute Gasteiger partial charge is 0.497 e. The van der Waals surface area contributed by atoms with Crippen LogP contribution in [0.25, 0.3) is 11.3 Å². The zero-order valence-corrected chi connectivity index (χ0v) is 19.9. The van der Waals surface area contributed by atoms with Crippen molar-refractivity contribution >= 4 is 32.4 Å². The Balaban J connectivity index is 1.39. The average Bonchev–Trinajstić information content (AvgIpc) is 3.19. The van der Waals surface area contributed by atoms with Crippen molar-refractivity contribution in [2.75, 3.05) is 25.5 Å². The lowest BCUT2D eigenvalue weighted by Crippen LogP contribution is -2.41. The third-order valence-corrected chi connectivity index (χ3v) is 8.49. The molecule has 0 spiro atoms. The number of aromatic nitrogens is 1. The van der Waals surface area contributed by atoms with Gasteiger partial charge in [-0.05, 0) is 56.2 Å². The summed E-state index contributed by atoms with van der Waals surface area (Å²) in [5.74, 6) is -0.550. The van der Waals surface area contributed by atoms with Crippen LogP contribution in [0.3, 0.4) is 0 Å². The van der Waals surface area contributed by atoms with Crippen LogP contribution >= 0.6 is 11.3 Å². The summed E-state index contributed by atoms with van der Waals surface area (Å²) in [4.78, 5) is 18.0. The summed E-state index contributed by atoms with van der Waals surface area (Å²) in [7, 11) is -2.32. The Kier molecular flexibility index (Phi) is 6.78. The molecule has 174 valence electrons.